The first-order chi connectivity index (χ1) is 9.61. The molecule has 1 aliphatic rings. The van der Waals surface area contributed by atoms with Gasteiger partial charge in [-0.2, -0.15) is 0 Å². The maximum atomic E-state index is 12.1. The SMILES string of the molecule is O=C1Nc2ccccc2C/C1=C\c1cc(Br)cc(Br)c1. The van der Waals surface area contributed by atoms with Crippen molar-refractivity contribution in [3.8, 4) is 0 Å². The molecule has 0 atom stereocenters. The van der Waals surface area contributed by atoms with Crippen LogP contribution in [0.15, 0.2) is 57.0 Å². The maximum Gasteiger partial charge on any atom is 0.251 e. The highest BCUT2D eigenvalue weighted by molar-refractivity contribution is 9.11. The van der Waals surface area contributed by atoms with Crippen molar-refractivity contribution in [2.24, 2.45) is 0 Å². The largest absolute Gasteiger partial charge is 0.322 e. The van der Waals surface area contributed by atoms with Gasteiger partial charge in [-0.1, -0.05) is 50.1 Å². The van der Waals surface area contributed by atoms with Gasteiger partial charge in [0, 0.05) is 26.6 Å². The quantitative estimate of drug-likeness (QED) is 0.694. The Bertz CT molecular complexity index is 702. The summed E-state index contributed by atoms with van der Waals surface area (Å²) in [5, 5.41) is 2.93. The van der Waals surface area contributed by atoms with Gasteiger partial charge in [-0.05, 0) is 41.5 Å². The van der Waals surface area contributed by atoms with E-state index in [1.165, 1.54) is 0 Å². The van der Waals surface area contributed by atoms with Crippen LogP contribution in [0.2, 0.25) is 0 Å². The Morgan fingerprint density at radius 2 is 1.75 bits per heavy atom. The van der Waals surface area contributed by atoms with E-state index in [2.05, 4.69) is 37.2 Å². The van der Waals surface area contributed by atoms with E-state index in [1.54, 1.807) is 0 Å². The van der Waals surface area contributed by atoms with Gasteiger partial charge in [-0.25, -0.2) is 0 Å². The third kappa shape index (κ3) is 2.86. The Morgan fingerprint density at radius 3 is 2.50 bits per heavy atom. The molecule has 20 heavy (non-hydrogen) atoms. The van der Waals surface area contributed by atoms with E-state index < -0.39 is 0 Å². The van der Waals surface area contributed by atoms with Gasteiger partial charge < -0.3 is 5.32 Å². The molecule has 0 aromatic heterocycles. The molecule has 4 heteroatoms. The lowest BCUT2D eigenvalue weighted by molar-refractivity contribution is -0.113. The molecule has 1 N–H and O–H groups in total. The number of fused-ring (bicyclic) bond motifs is 1. The van der Waals surface area contributed by atoms with Gasteiger partial charge in [-0.3, -0.25) is 4.79 Å². The zero-order chi connectivity index (χ0) is 14.1. The summed E-state index contributed by atoms with van der Waals surface area (Å²) in [6, 6.07) is 13.8. The molecule has 0 bridgehead atoms. The zero-order valence-electron chi connectivity index (χ0n) is 10.5. The van der Waals surface area contributed by atoms with Gasteiger partial charge in [0.25, 0.3) is 5.91 Å². The second-order valence-corrected chi connectivity index (χ2v) is 6.49. The molecule has 0 fully saturated rings. The fourth-order valence-electron chi connectivity index (χ4n) is 2.26. The number of halogens is 2. The molecule has 2 aromatic carbocycles. The van der Waals surface area contributed by atoms with Crippen molar-refractivity contribution in [3.05, 3.63) is 68.1 Å². The van der Waals surface area contributed by atoms with E-state index in [1.807, 2.05) is 48.5 Å². The van der Waals surface area contributed by atoms with E-state index in [0.29, 0.717) is 6.42 Å². The smallest absolute Gasteiger partial charge is 0.251 e. The zero-order valence-corrected chi connectivity index (χ0v) is 13.7. The van der Waals surface area contributed by atoms with Gasteiger partial charge in [0.2, 0.25) is 0 Å². The van der Waals surface area contributed by atoms with Crippen LogP contribution in [-0.2, 0) is 11.2 Å². The Labute approximate surface area is 134 Å². The average Bonchev–Trinajstić information content (AvgIpc) is 2.38. The summed E-state index contributed by atoms with van der Waals surface area (Å²) in [7, 11) is 0. The molecule has 0 saturated heterocycles. The molecule has 1 amide bonds. The average molecular weight is 393 g/mol. The molecule has 2 aromatic rings. The van der Waals surface area contributed by atoms with E-state index in [-0.39, 0.29) is 5.91 Å². The summed E-state index contributed by atoms with van der Waals surface area (Å²) in [5.41, 5.74) is 3.82. The minimum absolute atomic E-state index is 0.0280. The minimum Gasteiger partial charge on any atom is -0.322 e. The highest BCUT2D eigenvalue weighted by atomic mass is 79.9. The monoisotopic (exact) mass is 391 g/mol. The lowest BCUT2D eigenvalue weighted by Gasteiger charge is -2.19. The second kappa shape index (κ2) is 5.54. The van der Waals surface area contributed by atoms with Crippen molar-refractivity contribution < 1.29 is 4.79 Å². The van der Waals surface area contributed by atoms with Gasteiger partial charge in [0.15, 0.2) is 0 Å². The Morgan fingerprint density at radius 1 is 1.05 bits per heavy atom. The van der Waals surface area contributed by atoms with Crippen LogP contribution in [-0.4, -0.2) is 5.91 Å². The topological polar surface area (TPSA) is 29.1 Å². The lowest BCUT2D eigenvalue weighted by Crippen LogP contribution is -2.21. The molecule has 0 saturated carbocycles. The predicted molar refractivity (Wildman–Crippen MR) is 88.6 cm³/mol. The molecule has 0 unspecified atom stereocenters. The van der Waals surface area contributed by atoms with Gasteiger partial charge in [0.1, 0.15) is 0 Å². The number of nitrogens with one attached hydrogen (secondary N) is 1. The van der Waals surface area contributed by atoms with Crippen LogP contribution in [0.25, 0.3) is 6.08 Å². The number of para-hydroxylation sites is 1. The molecule has 0 spiro atoms. The van der Waals surface area contributed by atoms with Crippen LogP contribution in [0.1, 0.15) is 11.1 Å². The van der Waals surface area contributed by atoms with Gasteiger partial charge >= 0.3 is 0 Å². The van der Waals surface area contributed by atoms with Gasteiger partial charge in [0.05, 0.1) is 0 Å². The number of carbonyl (C=O) groups is 1. The third-order valence-corrected chi connectivity index (χ3v) is 4.08. The summed E-state index contributed by atoms with van der Waals surface area (Å²) >= 11 is 6.92. The third-order valence-electron chi connectivity index (χ3n) is 3.16. The number of amides is 1. The molecule has 1 aliphatic heterocycles. The fraction of sp³-hybridized carbons (Fsp3) is 0.0625. The van der Waals surface area contributed by atoms with E-state index >= 15 is 0 Å². The number of hydrogen-bond acceptors (Lipinski definition) is 1. The van der Waals surface area contributed by atoms with E-state index in [9.17, 15) is 4.79 Å². The summed E-state index contributed by atoms with van der Waals surface area (Å²) in [6.07, 6.45) is 2.59. The van der Waals surface area contributed by atoms with E-state index in [0.717, 1.165) is 31.3 Å². The number of rotatable bonds is 1. The lowest BCUT2D eigenvalue weighted by atomic mass is 9.97. The van der Waals surface area contributed by atoms with Crippen LogP contribution >= 0.6 is 31.9 Å². The minimum atomic E-state index is -0.0280. The van der Waals surface area contributed by atoms with Crippen molar-refractivity contribution >= 4 is 49.5 Å². The number of hydrogen-bond donors (Lipinski definition) is 1. The summed E-state index contributed by atoms with van der Waals surface area (Å²) < 4.78 is 1.96. The fourth-order valence-corrected chi connectivity index (χ4v) is 3.59. The molecule has 2 nitrogen and oxygen atoms in total. The van der Waals surface area contributed by atoms with Crippen molar-refractivity contribution in [1.29, 1.82) is 0 Å². The maximum absolute atomic E-state index is 12.1. The summed E-state index contributed by atoms with van der Waals surface area (Å²) in [6.45, 7) is 0. The van der Waals surface area contributed by atoms with Crippen LogP contribution < -0.4 is 5.32 Å². The van der Waals surface area contributed by atoms with Crippen LogP contribution in [0, 0.1) is 0 Å². The highest BCUT2D eigenvalue weighted by Crippen LogP contribution is 2.27. The first kappa shape index (κ1) is 13.6. The summed E-state index contributed by atoms with van der Waals surface area (Å²) in [4.78, 5) is 12.1. The standard InChI is InChI=1S/C16H11Br2NO/c17-13-6-10(7-14(18)9-13)5-12-8-11-3-1-2-4-15(11)19-16(12)20/h1-7,9H,8H2,(H,19,20)/b12-5+. The molecule has 100 valence electrons. The van der Waals surface area contributed by atoms with Crippen LogP contribution in [0.3, 0.4) is 0 Å². The van der Waals surface area contributed by atoms with Crippen molar-refractivity contribution in [2.45, 2.75) is 6.42 Å². The van der Waals surface area contributed by atoms with Crippen LogP contribution in [0.4, 0.5) is 5.69 Å². The normalized spacial score (nSPS) is 15.9. The number of anilines is 1. The van der Waals surface area contributed by atoms with Crippen LogP contribution in [0.5, 0.6) is 0 Å². The molecular formula is C16H11Br2NO. The molecular weight excluding hydrogens is 382 g/mol. The van der Waals surface area contributed by atoms with Crippen molar-refractivity contribution in [3.63, 3.8) is 0 Å². The second-order valence-electron chi connectivity index (χ2n) is 4.66. The molecule has 3 rings (SSSR count). The highest BCUT2D eigenvalue weighted by Gasteiger charge is 2.19. The summed E-state index contributed by atoms with van der Waals surface area (Å²) in [5.74, 6) is -0.0280. The molecule has 0 aliphatic carbocycles. The van der Waals surface area contributed by atoms with Gasteiger partial charge in [-0.15, -0.1) is 0 Å². The molecule has 0 radical (unpaired) electrons. The van der Waals surface area contributed by atoms with Crippen molar-refractivity contribution in [2.75, 3.05) is 5.32 Å². The first-order valence-corrected chi connectivity index (χ1v) is 7.76. The molecule has 1 heterocycles. The Kier molecular flexibility index (Phi) is 3.76. The van der Waals surface area contributed by atoms with Crippen molar-refractivity contribution in [1.82, 2.24) is 0 Å². The number of carbonyl (C=O) groups excluding carboxylic acids is 1. The van der Waals surface area contributed by atoms with E-state index in [4.69, 9.17) is 0 Å². The Balaban J connectivity index is 1.98. The number of benzene rings is 2. The Hall–Kier alpha value is -1.39. The predicted octanol–water partition coefficient (Wildman–Crippen LogP) is 4.79. The first-order valence-electron chi connectivity index (χ1n) is 6.18.